The normalized spacial score (nSPS) is 29.3. The van der Waals surface area contributed by atoms with Gasteiger partial charge in [0.15, 0.2) is 10.4 Å². The molecule has 1 amide bonds. The number of carbonyl (C=O) groups excluding carboxylic acids is 2. The molecule has 4 atom stereocenters. The van der Waals surface area contributed by atoms with E-state index < -0.39 is 33.7 Å². The van der Waals surface area contributed by atoms with Crippen LogP contribution in [0.15, 0.2) is 46.0 Å². The second kappa shape index (κ2) is 7.76. The number of amides is 1. The van der Waals surface area contributed by atoms with E-state index in [4.69, 9.17) is 4.74 Å². The van der Waals surface area contributed by atoms with Crippen LogP contribution >= 0.6 is 11.3 Å². The minimum atomic E-state index is -3.98. The van der Waals surface area contributed by atoms with Crippen molar-refractivity contribution in [2.45, 2.75) is 42.4 Å². The molecule has 5 rings (SSSR count). The van der Waals surface area contributed by atoms with Gasteiger partial charge in [-0.3, -0.25) is 9.59 Å². The molecule has 1 aromatic carbocycles. The third-order valence-corrected chi connectivity index (χ3v) is 10.2. The predicted molar refractivity (Wildman–Crippen MR) is 121 cm³/mol. The molecule has 3 aliphatic rings. The number of hydrogen-bond acceptors (Lipinski definition) is 6. The first-order valence-electron chi connectivity index (χ1n) is 10.9. The number of nitrogens with zero attached hydrogens (tertiary/aromatic N) is 2. The molecule has 2 fully saturated rings. The first kappa shape index (κ1) is 21.8. The Morgan fingerprint density at radius 3 is 2.69 bits per heavy atom. The van der Waals surface area contributed by atoms with Crippen molar-refractivity contribution in [2.24, 2.45) is 11.8 Å². The molecular weight excluding hydrogens is 448 g/mol. The molecule has 170 valence electrons. The van der Waals surface area contributed by atoms with Gasteiger partial charge in [-0.2, -0.15) is 0 Å². The van der Waals surface area contributed by atoms with Gasteiger partial charge < -0.3 is 14.2 Å². The lowest BCUT2D eigenvalue weighted by molar-refractivity contribution is -0.148. The number of benzene rings is 1. The Morgan fingerprint density at radius 2 is 2.03 bits per heavy atom. The van der Waals surface area contributed by atoms with E-state index in [1.54, 1.807) is 36.3 Å². The minimum Gasteiger partial charge on any atom is -0.592 e. The molecule has 7 nitrogen and oxygen atoms in total. The van der Waals surface area contributed by atoms with Crippen LogP contribution < -0.4 is 4.90 Å². The summed E-state index contributed by atoms with van der Waals surface area (Å²) in [6, 6.07) is 10.8. The summed E-state index contributed by atoms with van der Waals surface area (Å²) in [5.74, 6) is -1.68. The molecule has 2 aromatic rings. The summed E-state index contributed by atoms with van der Waals surface area (Å²) in [6.07, 6.45) is 2.13. The number of hydrogen-bond donors (Lipinski definition) is 0. The molecule has 9 heteroatoms. The highest BCUT2D eigenvalue weighted by Gasteiger charge is 2.68. The van der Waals surface area contributed by atoms with Gasteiger partial charge in [-0.05, 0) is 55.7 Å². The molecule has 1 saturated heterocycles. The number of thiophene rings is 1. The highest BCUT2D eigenvalue weighted by atomic mass is 32.3. The number of fused-ring (bicyclic) bond motifs is 3. The average Bonchev–Trinajstić information content (AvgIpc) is 3.28. The summed E-state index contributed by atoms with van der Waals surface area (Å²) in [7, 11) is -3.98. The van der Waals surface area contributed by atoms with Gasteiger partial charge in [-0.1, -0.05) is 33.7 Å². The topological polar surface area (TPSA) is 90.0 Å². The molecule has 0 spiro atoms. The van der Waals surface area contributed by atoms with Crippen LogP contribution in [-0.4, -0.2) is 46.0 Å². The number of rotatable bonds is 6. The highest BCUT2D eigenvalue weighted by molar-refractivity contribution is 7.97. The molecule has 1 aliphatic carbocycles. The van der Waals surface area contributed by atoms with Crippen LogP contribution in [0, 0.1) is 11.8 Å². The van der Waals surface area contributed by atoms with Crippen LogP contribution in [0.25, 0.3) is 0 Å². The number of sulfonamides is 1. The second-order valence-corrected chi connectivity index (χ2v) is 11.9. The summed E-state index contributed by atoms with van der Waals surface area (Å²) in [5.41, 5.74) is 0.192. The summed E-state index contributed by atoms with van der Waals surface area (Å²) < 4.78 is 34.2. The Balaban J connectivity index is 1.69. The van der Waals surface area contributed by atoms with Crippen molar-refractivity contribution in [3.8, 4) is 0 Å². The van der Waals surface area contributed by atoms with E-state index in [2.05, 4.69) is 0 Å². The van der Waals surface area contributed by atoms with E-state index in [0.717, 1.165) is 35.4 Å². The fourth-order valence-electron chi connectivity index (χ4n) is 5.23. The molecule has 32 heavy (non-hydrogen) atoms. The fraction of sp³-hybridized carbons (Fsp3) is 0.478. The van der Waals surface area contributed by atoms with E-state index in [9.17, 15) is 18.4 Å². The van der Waals surface area contributed by atoms with Gasteiger partial charge in [-0.15, -0.1) is 4.31 Å². The van der Waals surface area contributed by atoms with Crippen molar-refractivity contribution in [3.05, 3.63) is 47.3 Å². The van der Waals surface area contributed by atoms with Crippen LogP contribution in [0.1, 0.15) is 38.2 Å². The maximum absolute atomic E-state index is 14.1. The molecule has 1 unspecified atom stereocenters. The van der Waals surface area contributed by atoms with Crippen molar-refractivity contribution < 1.29 is 23.1 Å². The molecule has 1 aromatic heterocycles. The first-order valence-corrected chi connectivity index (χ1v) is 13.3. The lowest BCUT2D eigenvalue weighted by atomic mass is 9.72. The molecule has 2 aliphatic heterocycles. The molecule has 3 heterocycles. The summed E-state index contributed by atoms with van der Waals surface area (Å²) in [6.45, 7) is 4.08. The summed E-state index contributed by atoms with van der Waals surface area (Å²) in [4.78, 5) is 28.8. The number of esters is 1. The van der Waals surface area contributed by atoms with Gasteiger partial charge >= 0.3 is 5.97 Å². The number of ether oxygens (including phenoxy) is 1. The zero-order valence-corrected chi connectivity index (χ0v) is 19.7. The Morgan fingerprint density at radius 1 is 1.28 bits per heavy atom. The molecule has 0 radical (unpaired) electrons. The average molecular weight is 475 g/mol. The lowest BCUT2D eigenvalue weighted by Crippen LogP contribution is -2.62. The number of carbonyl (C=O) groups is 2. The van der Waals surface area contributed by atoms with E-state index in [-0.39, 0.29) is 23.3 Å². The van der Waals surface area contributed by atoms with Gasteiger partial charge in [0.2, 0.25) is 4.21 Å². The summed E-state index contributed by atoms with van der Waals surface area (Å²) in [5, 5.41) is 1.70. The number of anilines is 1. The van der Waals surface area contributed by atoms with E-state index in [0.29, 0.717) is 12.5 Å². The zero-order valence-electron chi connectivity index (χ0n) is 18.1. The zero-order chi connectivity index (χ0) is 22.7. The standard InChI is InChI=1S/C23H26N2O5S2/c1-3-30-21(26)17-14-25(32(28,29)19-9-6-12-31-19)23(2)20(17)16-7-4-5-8-18(16)24(22(23)27)13-15-10-11-15/h4-9,12,15,17,20H,3,10-11,13-14H2,1-2H3/t17-,20+,23-/m0/s1. The predicted octanol–water partition coefficient (Wildman–Crippen LogP) is 3.45. The Labute approximate surface area is 192 Å². The molecule has 1 saturated carbocycles. The lowest BCUT2D eigenvalue weighted by Gasteiger charge is -2.46. The van der Waals surface area contributed by atoms with Gasteiger partial charge in [0, 0.05) is 24.2 Å². The van der Waals surface area contributed by atoms with Crippen LogP contribution in [0.5, 0.6) is 0 Å². The highest BCUT2D eigenvalue weighted by Crippen LogP contribution is 2.56. The van der Waals surface area contributed by atoms with Crippen LogP contribution in [0.4, 0.5) is 5.69 Å². The van der Waals surface area contributed by atoms with Crippen molar-refractivity contribution >= 4 is 39.3 Å². The number of para-hydroxylation sites is 1. The maximum atomic E-state index is 14.1. The van der Waals surface area contributed by atoms with Crippen molar-refractivity contribution in [3.63, 3.8) is 0 Å². The van der Waals surface area contributed by atoms with Crippen LogP contribution in [-0.2, 0) is 28.9 Å². The van der Waals surface area contributed by atoms with E-state index in [1.165, 1.54) is 4.31 Å². The van der Waals surface area contributed by atoms with Gasteiger partial charge in [-0.25, -0.2) is 0 Å². The summed E-state index contributed by atoms with van der Waals surface area (Å²) >= 11 is 1.11. The van der Waals surface area contributed by atoms with E-state index in [1.807, 2.05) is 24.3 Å². The smallest absolute Gasteiger partial charge is 0.311 e. The maximum Gasteiger partial charge on any atom is 0.311 e. The SMILES string of the molecule is CCOC(=O)[C@H]1CN([S+](=O)([O-])c2cccs2)[C@]2(C)C(=O)N(CC3CC3)c3ccccc3[C@H]12. The largest absolute Gasteiger partial charge is 0.592 e. The second-order valence-electron chi connectivity index (χ2n) is 8.87. The van der Waals surface area contributed by atoms with Gasteiger partial charge in [0.05, 0.1) is 19.1 Å². The van der Waals surface area contributed by atoms with Crippen molar-refractivity contribution in [2.75, 3.05) is 24.6 Å². The van der Waals surface area contributed by atoms with Crippen LogP contribution in [0.2, 0.25) is 0 Å². The minimum absolute atomic E-state index is 0.0857. The Kier molecular flexibility index (Phi) is 5.28. The van der Waals surface area contributed by atoms with Crippen LogP contribution in [0.3, 0.4) is 0 Å². The monoisotopic (exact) mass is 474 g/mol. The fourth-order valence-corrected chi connectivity index (χ4v) is 8.11. The Hall–Kier alpha value is -2.07. The third-order valence-electron chi connectivity index (χ3n) is 6.90. The molecule has 0 N–H and O–H groups in total. The first-order chi connectivity index (χ1) is 15.3. The molecule has 0 bridgehead atoms. The van der Waals surface area contributed by atoms with Crippen molar-refractivity contribution in [1.82, 2.24) is 4.31 Å². The Bertz CT molecular complexity index is 1100. The van der Waals surface area contributed by atoms with Gasteiger partial charge in [0.1, 0.15) is 5.54 Å². The van der Waals surface area contributed by atoms with E-state index >= 15 is 0 Å². The third kappa shape index (κ3) is 3.17. The quantitative estimate of drug-likeness (QED) is 0.473. The van der Waals surface area contributed by atoms with Gasteiger partial charge in [0.25, 0.3) is 5.91 Å². The molecular formula is C23H26N2O5S2. The van der Waals surface area contributed by atoms with Crippen molar-refractivity contribution in [1.29, 1.82) is 0 Å².